The van der Waals surface area contributed by atoms with Gasteiger partial charge in [0.15, 0.2) is 6.61 Å². The van der Waals surface area contributed by atoms with E-state index in [4.69, 9.17) is 10.5 Å². The number of benzene rings is 2. The van der Waals surface area contributed by atoms with Gasteiger partial charge in [-0.25, -0.2) is 0 Å². The number of nitrogens with two attached hydrogens (primary N) is 1. The summed E-state index contributed by atoms with van der Waals surface area (Å²) in [7, 11) is 0. The van der Waals surface area contributed by atoms with Gasteiger partial charge >= 0.3 is 0 Å². The lowest BCUT2D eigenvalue weighted by Crippen LogP contribution is -2.21. The first-order chi connectivity index (χ1) is 11.4. The fourth-order valence-electron chi connectivity index (χ4n) is 2.33. The summed E-state index contributed by atoms with van der Waals surface area (Å²) >= 11 is 0. The first-order valence-electron chi connectivity index (χ1n) is 7.80. The molecule has 0 aliphatic heterocycles. The molecule has 0 radical (unpaired) electrons. The van der Waals surface area contributed by atoms with Crippen molar-refractivity contribution in [2.75, 3.05) is 11.9 Å². The molecule has 2 aromatic carbocycles. The van der Waals surface area contributed by atoms with Gasteiger partial charge in [0.25, 0.3) is 5.91 Å². The molecule has 0 aromatic heterocycles. The Kier molecular flexibility index (Phi) is 5.58. The molecule has 0 unspecified atom stereocenters. The van der Waals surface area contributed by atoms with E-state index in [-0.39, 0.29) is 12.5 Å². The second kappa shape index (κ2) is 7.64. The molecule has 5 nitrogen and oxygen atoms in total. The van der Waals surface area contributed by atoms with Crippen LogP contribution in [0.25, 0.3) is 0 Å². The summed E-state index contributed by atoms with van der Waals surface area (Å²) in [5.74, 6) is 0.179. The second-order valence-corrected chi connectivity index (χ2v) is 5.98. The molecule has 3 N–H and O–H groups in total. The maximum absolute atomic E-state index is 12.1. The third-order valence-electron chi connectivity index (χ3n) is 3.58. The topological polar surface area (TPSA) is 81.4 Å². The van der Waals surface area contributed by atoms with Crippen molar-refractivity contribution >= 4 is 17.5 Å². The smallest absolute Gasteiger partial charge is 0.262 e. The number of aryl methyl sites for hydroxylation is 1. The third kappa shape index (κ3) is 4.59. The lowest BCUT2D eigenvalue weighted by atomic mass is 10.0. The van der Waals surface area contributed by atoms with Crippen molar-refractivity contribution in [3.63, 3.8) is 0 Å². The van der Waals surface area contributed by atoms with E-state index in [9.17, 15) is 9.59 Å². The third-order valence-corrected chi connectivity index (χ3v) is 3.58. The Balaban J connectivity index is 2.02. The van der Waals surface area contributed by atoms with Crippen LogP contribution in [0, 0.1) is 6.92 Å². The fraction of sp³-hybridized carbons (Fsp3) is 0.263. The number of ether oxygens (including phenoxy) is 1. The van der Waals surface area contributed by atoms with E-state index in [1.54, 1.807) is 18.2 Å². The average molecular weight is 326 g/mol. The van der Waals surface area contributed by atoms with Crippen LogP contribution in [-0.4, -0.2) is 18.4 Å². The van der Waals surface area contributed by atoms with E-state index in [2.05, 4.69) is 19.2 Å². The standard InChI is InChI=1S/C19H22N2O3/c1-12(2)16-8-7-13(3)9-17(16)24-11-18(22)21-15-6-4-5-14(10-15)19(20)23/h4-10,12H,11H2,1-3H3,(H2,20,23)(H,21,22). The fourth-order valence-corrected chi connectivity index (χ4v) is 2.33. The molecular formula is C19H22N2O3. The lowest BCUT2D eigenvalue weighted by molar-refractivity contribution is -0.118. The van der Waals surface area contributed by atoms with Crippen molar-refractivity contribution in [3.8, 4) is 5.75 Å². The zero-order chi connectivity index (χ0) is 17.7. The minimum atomic E-state index is -0.538. The molecule has 24 heavy (non-hydrogen) atoms. The maximum atomic E-state index is 12.1. The van der Waals surface area contributed by atoms with Gasteiger partial charge in [-0.2, -0.15) is 0 Å². The van der Waals surface area contributed by atoms with E-state index in [0.29, 0.717) is 22.9 Å². The molecule has 2 amide bonds. The molecule has 0 fully saturated rings. The van der Waals surface area contributed by atoms with E-state index in [1.807, 2.05) is 25.1 Å². The normalized spacial score (nSPS) is 10.5. The summed E-state index contributed by atoms with van der Waals surface area (Å²) < 4.78 is 5.69. The monoisotopic (exact) mass is 326 g/mol. The molecule has 5 heteroatoms. The minimum Gasteiger partial charge on any atom is -0.483 e. The number of rotatable bonds is 6. The van der Waals surface area contributed by atoms with Crippen LogP contribution in [0.1, 0.15) is 41.3 Å². The van der Waals surface area contributed by atoms with Crippen molar-refractivity contribution < 1.29 is 14.3 Å². The number of anilines is 1. The highest BCUT2D eigenvalue weighted by Gasteiger charge is 2.11. The van der Waals surface area contributed by atoms with Crippen LogP contribution in [-0.2, 0) is 4.79 Å². The van der Waals surface area contributed by atoms with Crippen molar-refractivity contribution in [2.45, 2.75) is 26.7 Å². The number of primary amides is 1. The van der Waals surface area contributed by atoms with Gasteiger partial charge in [0.05, 0.1) is 0 Å². The molecule has 2 aromatic rings. The quantitative estimate of drug-likeness (QED) is 0.855. The SMILES string of the molecule is Cc1ccc(C(C)C)c(OCC(=O)Nc2cccc(C(N)=O)c2)c1. The maximum Gasteiger partial charge on any atom is 0.262 e. The molecule has 0 saturated carbocycles. The minimum absolute atomic E-state index is 0.107. The Morgan fingerprint density at radius 1 is 1.17 bits per heavy atom. The highest BCUT2D eigenvalue weighted by atomic mass is 16.5. The summed E-state index contributed by atoms with van der Waals surface area (Å²) in [5.41, 5.74) is 8.21. The molecule has 0 aliphatic carbocycles. The largest absolute Gasteiger partial charge is 0.483 e. The van der Waals surface area contributed by atoms with Gasteiger partial charge in [0.2, 0.25) is 5.91 Å². The van der Waals surface area contributed by atoms with E-state index < -0.39 is 5.91 Å². The van der Waals surface area contributed by atoms with Crippen LogP contribution in [0.5, 0.6) is 5.75 Å². The molecular weight excluding hydrogens is 304 g/mol. The number of carbonyl (C=O) groups is 2. The van der Waals surface area contributed by atoms with Crippen molar-refractivity contribution in [3.05, 3.63) is 59.2 Å². The van der Waals surface area contributed by atoms with Gasteiger partial charge in [-0.1, -0.05) is 32.0 Å². The van der Waals surface area contributed by atoms with E-state index in [1.165, 1.54) is 6.07 Å². The Labute approximate surface area is 141 Å². The van der Waals surface area contributed by atoms with Crippen LogP contribution in [0.15, 0.2) is 42.5 Å². The molecule has 126 valence electrons. The molecule has 0 saturated heterocycles. The molecule has 0 atom stereocenters. The Bertz CT molecular complexity index is 754. The Morgan fingerprint density at radius 3 is 2.58 bits per heavy atom. The van der Waals surface area contributed by atoms with Crippen molar-refractivity contribution in [1.82, 2.24) is 0 Å². The zero-order valence-corrected chi connectivity index (χ0v) is 14.1. The molecule has 0 bridgehead atoms. The Hall–Kier alpha value is -2.82. The molecule has 2 rings (SSSR count). The predicted octanol–water partition coefficient (Wildman–Crippen LogP) is 3.23. The number of carbonyl (C=O) groups excluding carboxylic acids is 2. The van der Waals surface area contributed by atoms with Crippen LogP contribution in [0.2, 0.25) is 0 Å². The Morgan fingerprint density at radius 2 is 1.92 bits per heavy atom. The van der Waals surface area contributed by atoms with Crippen LogP contribution < -0.4 is 15.8 Å². The summed E-state index contributed by atoms with van der Waals surface area (Å²) in [5, 5.41) is 2.70. The number of nitrogens with one attached hydrogen (secondary N) is 1. The molecule has 0 aliphatic rings. The van der Waals surface area contributed by atoms with Crippen molar-refractivity contribution in [1.29, 1.82) is 0 Å². The van der Waals surface area contributed by atoms with Crippen molar-refractivity contribution in [2.24, 2.45) is 5.73 Å². The molecule has 0 spiro atoms. The summed E-state index contributed by atoms with van der Waals surface area (Å²) in [6.45, 7) is 6.02. The second-order valence-electron chi connectivity index (χ2n) is 5.98. The van der Waals surface area contributed by atoms with Crippen LogP contribution in [0.3, 0.4) is 0 Å². The van der Waals surface area contributed by atoms with E-state index in [0.717, 1.165) is 11.1 Å². The molecule has 0 heterocycles. The van der Waals surface area contributed by atoms with Crippen LogP contribution >= 0.6 is 0 Å². The number of hydrogen-bond acceptors (Lipinski definition) is 3. The van der Waals surface area contributed by atoms with Gasteiger partial charge < -0.3 is 15.8 Å². The average Bonchev–Trinajstić information content (AvgIpc) is 2.53. The first kappa shape index (κ1) is 17.5. The summed E-state index contributed by atoms with van der Waals surface area (Å²) in [6.07, 6.45) is 0. The highest BCUT2D eigenvalue weighted by molar-refractivity contribution is 5.96. The van der Waals surface area contributed by atoms with E-state index >= 15 is 0 Å². The van der Waals surface area contributed by atoms with Gasteiger partial charge in [-0.3, -0.25) is 9.59 Å². The first-order valence-corrected chi connectivity index (χ1v) is 7.80. The zero-order valence-electron chi connectivity index (χ0n) is 14.1. The highest BCUT2D eigenvalue weighted by Crippen LogP contribution is 2.27. The van der Waals surface area contributed by atoms with Gasteiger partial charge in [0.1, 0.15) is 5.75 Å². The summed E-state index contributed by atoms with van der Waals surface area (Å²) in [4.78, 5) is 23.2. The van der Waals surface area contributed by atoms with Gasteiger partial charge in [-0.05, 0) is 48.2 Å². The van der Waals surface area contributed by atoms with Gasteiger partial charge in [-0.15, -0.1) is 0 Å². The van der Waals surface area contributed by atoms with Gasteiger partial charge in [0, 0.05) is 11.3 Å². The summed E-state index contributed by atoms with van der Waals surface area (Å²) in [6, 6.07) is 12.4. The predicted molar refractivity (Wildman–Crippen MR) is 94.4 cm³/mol. The van der Waals surface area contributed by atoms with Crippen LogP contribution in [0.4, 0.5) is 5.69 Å². The lowest BCUT2D eigenvalue weighted by Gasteiger charge is -2.15. The number of amides is 2. The number of hydrogen-bond donors (Lipinski definition) is 2.